The predicted octanol–water partition coefficient (Wildman–Crippen LogP) is 2.82. The number of hydrogen-bond donors (Lipinski definition) is 1. The number of halogens is 1. The molecular weight excluding hydrogens is 365 g/mol. The quantitative estimate of drug-likeness (QED) is 0.817. The summed E-state index contributed by atoms with van der Waals surface area (Å²) in [6, 6.07) is 3.86. The van der Waals surface area contributed by atoms with Gasteiger partial charge < -0.3 is 19.3 Å². The minimum atomic E-state index is -1.55. The highest BCUT2D eigenvalue weighted by molar-refractivity contribution is 5.85. The molecule has 7 nitrogen and oxygen atoms in total. The first kappa shape index (κ1) is 17.5. The number of anilines is 1. The Bertz CT molecular complexity index is 1030. The van der Waals surface area contributed by atoms with Gasteiger partial charge in [-0.25, -0.2) is 9.18 Å². The first-order valence-corrected chi connectivity index (χ1v) is 9.68. The molecule has 1 aliphatic carbocycles. The van der Waals surface area contributed by atoms with Crippen molar-refractivity contribution in [1.82, 2.24) is 9.47 Å². The number of piperidine rings is 2. The summed E-state index contributed by atoms with van der Waals surface area (Å²) in [5.74, 6) is -0.729. The summed E-state index contributed by atoms with van der Waals surface area (Å²) in [6.45, 7) is 1.68. The summed E-state index contributed by atoms with van der Waals surface area (Å²) < 4.78 is 21.6. The van der Waals surface area contributed by atoms with Crippen LogP contribution in [0.25, 0.3) is 10.9 Å². The van der Waals surface area contributed by atoms with E-state index in [1.165, 1.54) is 12.3 Å². The molecule has 8 heteroatoms. The fraction of sp³-hybridized carbons (Fsp3) is 0.500. The van der Waals surface area contributed by atoms with Gasteiger partial charge in [-0.05, 0) is 44.9 Å². The van der Waals surface area contributed by atoms with Crippen molar-refractivity contribution in [2.24, 2.45) is 0 Å². The molecule has 3 aliphatic heterocycles. The van der Waals surface area contributed by atoms with Crippen LogP contribution in [0.5, 0.6) is 5.75 Å². The first-order valence-electron chi connectivity index (χ1n) is 9.68. The zero-order chi connectivity index (χ0) is 19.6. The number of pyridine rings is 1. The summed E-state index contributed by atoms with van der Waals surface area (Å²) >= 11 is 0. The van der Waals surface area contributed by atoms with E-state index in [2.05, 4.69) is 21.6 Å². The van der Waals surface area contributed by atoms with Crippen molar-refractivity contribution in [3.05, 3.63) is 34.4 Å². The molecule has 2 bridgehead atoms. The van der Waals surface area contributed by atoms with Crippen LogP contribution in [0.15, 0.2) is 23.1 Å². The maximum absolute atomic E-state index is 15.1. The molecule has 1 aromatic heterocycles. The van der Waals surface area contributed by atoms with E-state index in [0.29, 0.717) is 17.2 Å². The Kier molecular flexibility index (Phi) is 3.87. The lowest BCUT2D eigenvalue weighted by atomic mass is 9.90. The number of fused-ring (bicyclic) bond motifs is 4. The number of nitrogens with zero attached hydrogens (tertiary/aromatic N) is 3. The van der Waals surface area contributed by atoms with Crippen molar-refractivity contribution in [3.63, 3.8) is 0 Å². The molecule has 4 heterocycles. The number of piperazine rings is 1. The number of likely N-dealkylation sites (N-methyl/N-ethyl adjacent to an activating group) is 1. The van der Waals surface area contributed by atoms with Gasteiger partial charge in [0.15, 0.2) is 5.75 Å². The van der Waals surface area contributed by atoms with E-state index in [9.17, 15) is 9.59 Å². The molecule has 2 atom stereocenters. The van der Waals surface area contributed by atoms with E-state index in [4.69, 9.17) is 5.11 Å². The van der Waals surface area contributed by atoms with E-state index < -0.39 is 17.4 Å². The van der Waals surface area contributed by atoms with Crippen molar-refractivity contribution in [1.29, 1.82) is 0 Å². The van der Waals surface area contributed by atoms with E-state index in [0.717, 1.165) is 38.8 Å². The first-order chi connectivity index (χ1) is 13.4. The number of carboxylic acid groups (broad SMARTS) is 1. The second-order valence-corrected chi connectivity index (χ2v) is 8.13. The number of rotatable bonds is 3. The largest absolute Gasteiger partial charge is 0.511 e. The summed E-state index contributed by atoms with van der Waals surface area (Å²) in [5.41, 5.74) is 0.562. The molecule has 1 aromatic carbocycles. The molecule has 6 rings (SSSR count). The number of aromatic nitrogens is 1. The van der Waals surface area contributed by atoms with E-state index >= 15 is 4.39 Å². The minimum Gasteiger partial charge on any atom is -0.449 e. The lowest BCUT2D eigenvalue weighted by Crippen LogP contribution is -2.61. The Morgan fingerprint density at radius 2 is 1.86 bits per heavy atom. The monoisotopic (exact) mass is 387 g/mol. The molecule has 3 saturated heterocycles. The maximum atomic E-state index is 15.1. The van der Waals surface area contributed by atoms with Crippen LogP contribution >= 0.6 is 0 Å². The molecule has 0 amide bonds. The van der Waals surface area contributed by atoms with Crippen molar-refractivity contribution in [3.8, 4) is 5.75 Å². The van der Waals surface area contributed by atoms with Crippen LogP contribution in [0, 0.1) is 5.82 Å². The average molecular weight is 387 g/mol. The second-order valence-electron chi connectivity index (χ2n) is 8.13. The number of benzene rings is 1. The molecule has 2 aromatic rings. The van der Waals surface area contributed by atoms with Crippen LogP contribution in [0.4, 0.5) is 14.9 Å². The zero-order valence-electron chi connectivity index (χ0n) is 15.6. The van der Waals surface area contributed by atoms with Crippen LogP contribution in [0.1, 0.15) is 31.7 Å². The summed E-state index contributed by atoms with van der Waals surface area (Å²) in [4.78, 5) is 28.1. The van der Waals surface area contributed by atoms with Crippen LogP contribution < -0.4 is 15.1 Å². The van der Waals surface area contributed by atoms with Gasteiger partial charge in [0.1, 0.15) is 5.82 Å². The van der Waals surface area contributed by atoms with Gasteiger partial charge in [0.25, 0.3) is 0 Å². The van der Waals surface area contributed by atoms with Crippen molar-refractivity contribution in [2.75, 3.05) is 25.0 Å². The molecule has 148 valence electrons. The molecule has 1 N–H and O–H groups in total. The van der Waals surface area contributed by atoms with E-state index in [1.807, 2.05) is 4.57 Å². The van der Waals surface area contributed by atoms with E-state index in [1.54, 1.807) is 6.07 Å². The number of ether oxygens (including phenoxy) is 1. The zero-order valence-corrected chi connectivity index (χ0v) is 15.6. The SMILES string of the molecule is CN1CC2CCC1CN2c1cc2c(cc1F)c(=O)c(OC(=O)O)cn2C1CC1. The third-order valence-corrected chi connectivity index (χ3v) is 6.32. The fourth-order valence-corrected chi connectivity index (χ4v) is 4.71. The highest BCUT2D eigenvalue weighted by Gasteiger charge is 2.38. The Morgan fingerprint density at radius 1 is 1.14 bits per heavy atom. The normalized spacial score (nSPS) is 24.7. The predicted molar refractivity (Wildman–Crippen MR) is 102 cm³/mol. The third-order valence-electron chi connectivity index (χ3n) is 6.32. The van der Waals surface area contributed by atoms with Crippen LogP contribution in [0.3, 0.4) is 0 Å². The number of hydrogen-bond acceptors (Lipinski definition) is 5. The van der Waals surface area contributed by atoms with Gasteiger partial charge in [0, 0.05) is 31.2 Å². The average Bonchev–Trinajstić information content (AvgIpc) is 3.49. The van der Waals surface area contributed by atoms with Gasteiger partial charge >= 0.3 is 6.16 Å². The smallest absolute Gasteiger partial charge is 0.449 e. The Balaban J connectivity index is 1.65. The molecule has 2 unspecified atom stereocenters. The van der Waals surface area contributed by atoms with Gasteiger partial charge in [0.05, 0.1) is 22.8 Å². The molecule has 0 spiro atoms. The van der Waals surface area contributed by atoms with Crippen molar-refractivity contribution >= 4 is 22.7 Å². The Labute approximate surface area is 160 Å². The Morgan fingerprint density at radius 3 is 2.46 bits per heavy atom. The van der Waals surface area contributed by atoms with Crippen molar-refractivity contribution in [2.45, 2.75) is 43.8 Å². The second kappa shape index (κ2) is 6.20. The molecule has 4 fully saturated rings. The molecule has 0 radical (unpaired) electrons. The van der Waals surface area contributed by atoms with Gasteiger partial charge in [-0.15, -0.1) is 0 Å². The van der Waals surface area contributed by atoms with Gasteiger partial charge in [-0.3, -0.25) is 9.69 Å². The minimum absolute atomic E-state index is 0.159. The van der Waals surface area contributed by atoms with Crippen LogP contribution in [-0.2, 0) is 0 Å². The number of carbonyl (C=O) groups is 1. The standard InChI is InChI=1S/C20H22FN3O4/c1-22-8-13-5-4-12(22)9-23(13)17-7-16-14(6-15(17)21)19(25)18(28-20(26)27)10-24(16)11-2-3-11/h6-7,10-13H,2-5,8-9H2,1H3,(H,26,27). The van der Waals surface area contributed by atoms with Gasteiger partial charge in [-0.2, -0.15) is 0 Å². The van der Waals surface area contributed by atoms with Gasteiger partial charge in [-0.1, -0.05) is 0 Å². The molecule has 1 saturated carbocycles. The highest BCUT2D eigenvalue weighted by atomic mass is 19.1. The van der Waals surface area contributed by atoms with Crippen molar-refractivity contribution < 1.29 is 19.0 Å². The Hall–Kier alpha value is -2.61. The molecule has 28 heavy (non-hydrogen) atoms. The maximum Gasteiger partial charge on any atom is 0.511 e. The van der Waals surface area contributed by atoms with Crippen LogP contribution in [0.2, 0.25) is 0 Å². The third kappa shape index (κ3) is 2.74. The summed E-state index contributed by atoms with van der Waals surface area (Å²) in [5, 5.41) is 9.06. The molecular formula is C20H22FN3O4. The summed E-state index contributed by atoms with van der Waals surface area (Å²) in [6.07, 6.45) is 3.94. The fourth-order valence-electron chi connectivity index (χ4n) is 4.71. The summed E-state index contributed by atoms with van der Waals surface area (Å²) in [7, 11) is 2.11. The molecule has 4 aliphatic rings. The highest BCUT2D eigenvalue weighted by Crippen LogP contribution is 2.40. The van der Waals surface area contributed by atoms with E-state index in [-0.39, 0.29) is 23.2 Å². The topological polar surface area (TPSA) is 75.0 Å². The van der Waals surface area contributed by atoms with Gasteiger partial charge in [0.2, 0.25) is 5.43 Å². The lowest BCUT2D eigenvalue weighted by Gasteiger charge is -2.51. The van der Waals surface area contributed by atoms with Crippen LogP contribution in [-0.4, -0.2) is 52.9 Å². The lowest BCUT2D eigenvalue weighted by molar-refractivity contribution is 0.124.